The highest BCUT2D eigenvalue weighted by atomic mass is 16.5. The summed E-state index contributed by atoms with van der Waals surface area (Å²) in [5.74, 6) is -0.126. The van der Waals surface area contributed by atoms with Gasteiger partial charge in [0.25, 0.3) is 11.8 Å². The Morgan fingerprint density at radius 1 is 1.18 bits per heavy atom. The predicted molar refractivity (Wildman–Crippen MR) is 147 cm³/mol. The van der Waals surface area contributed by atoms with Crippen LogP contribution in [0.5, 0.6) is 5.75 Å². The van der Waals surface area contributed by atoms with Gasteiger partial charge >= 0.3 is 0 Å². The van der Waals surface area contributed by atoms with Gasteiger partial charge < -0.3 is 9.47 Å². The van der Waals surface area contributed by atoms with Crippen molar-refractivity contribution in [2.24, 2.45) is 0 Å². The summed E-state index contributed by atoms with van der Waals surface area (Å²) in [5.41, 5.74) is 4.89. The normalized spacial score (nSPS) is 17.9. The number of fused-ring (bicyclic) bond motifs is 1. The molecule has 2 aliphatic rings. The molecule has 1 aromatic heterocycles. The topological polar surface area (TPSA) is 97.5 Å². The Kier molecular flexibility index (Phi) is 7.44. The molecule has 0 spiro atoms. The first-order valence-electron chi connectivity index (χ1n) is 13.1. The largest absolute Gasteiger partial charge is 0.490 e. The molecule has 0 N–H and O–H groups in total. The number of aromatic nitrogens is 2. The molecule has 0 saturated heterocycles. The van der Waals surface area contributed by atoms with E-state index in [0.717, 1.165) is 33.9 Å². The number of carbonyl (C=O) groups excluding carboxylic acids is 2. The number of nitriles is 1. The van der Waals surface area contributed by atoms with Crippen molar-refractivity contribution < 1.29 is 19.1 Å². The van der Waals surface area contributed by atoms with Gasteiger partial charge in [-0.15, -0.1) is 0 Å². The second-order valence-corrected chi connectivity index (χ2v) is 9.65. The van der Waals surface area contributed by atoms with E-state index in [2.05, 4.69) is 6.07 Å². The fourth-order valence-electron chi connectivity index (χ4n) is 4.96. The standard InChI is InChI=1S/C31H30N4O4/c1-4-38-14-8-13-34-30(36)26(21(3)27(18-32)31(34)37)17-24-19-35(25-9-6-5-7-10-25)33-29(24)22-11-12-28-23(16-22)15-20(2)39-28/h5-7,9-12,16-17,19-20H,4,8,13-15H2,1-3H3/b26-17+. The number of imide groups is 1. The van der Waals surface area contributed by atoms with Crippen LogP contribution in [-0.4, -0.2) is 52.4 Å². The number of ether oxygens (including phenoxy) is 2. The van der Waals surface area contributed by atoms with Crippen LogP contribution in [0.3, 0.4) is 0 Å². The molecule has 1 atom stereocenters. The van der Waals surface area contributed by atoms with Crippen molar-refractivity contribution in [2.45, 2.75) is 39.7 Å². The molecule has 2 amide bonds. The molecule has 0 saturated carbocycles. The predicted octanol–water partition coefficient (Wildman–Crippen LogP) is 4.88. The van der Waals surface area contributed by atoms with Crippen molar-refractivity contribution in [1.29, 1.82) is 5.26 Å². The molecule has 5 rings (SSSR count). The Hall–Kier alpha value is -4.48. The number of nitrogens with zero attached hydrogens (tertiary/aromatic N) is 4. The molecule has 198 valence electrons. The van der Waals surface area contributed by atoms with Crippen LogP contribution in [0.15, 0.2) is 71.4 Å². The molecular formula is C31H30N4O4. The molecule has 3 aromatic rings. The summed E-state index contributed by atoms with van der Waals surface area (Å²) in [6, 6.07) is 17.7. The van der Waals surface area contributed by atoms with Crippen molar-refractivity contribution in [1.82, 2.24) is 14.7 Å². The molecule has 8 nitrogen and oxygen atoms in total. The van der Waals surface area contributed by atoms with Gasteiger partial charge in [-0.2, -0.15) is 10.4 Å². The zero-order valence-electron chi connectivity index (χ0n) is 22.3. The van der Waals surface area contributed by atoms with E-state index in [1.54, 1.807) is 17.7 Å². The average molecular weight is 523 g/mol. The Morgan fingerprint density at radius 2 is 1.97 bits per heavy atom. The maximum Gasteiger partial charge on any atom is 0.271 e. The summed E-state index contributed by atoms with van der Waals surface area (Å²) in [4.78, 5) is 27.7. The van der Waals surface area contributed by atoms with Crippen LogP contribution < -0.4 is 4.74 Å². The molecule has 0 bridgehead atoms. The van der Waals surface area contributed by atoms with Gasteiger partial charge in [0.2, 0.25) is 0 Å². The zero-order valence-corrected chi connectivity index (χ0v) is 22.3. The number of carbonyl (C=O) groups is 2. The van der Waals surface area contributed by atoms with Crippen LogP contribution in [0.1, 0.15) is 38.3 Å². The molecule has 2 aliphatic heterocycles. The fraction of sp³-hybridized carbons (Fsp3) is 0.290. The highest BCUT2D eigenvalue weighted by Crippen LogP contribution is 2.35. The SMILES string of the molecule is CCOCCCN1C(=O)C(C#N)=C(C)/C(=C\c2cn(-c3ccccc3)nc2-c2ccc3c(c2)CC(C)O3)C1=O. The molecule has 0 aliphatic carbocycles. The minimum Gasteiger partial charge on any atom is -0.490 e. The summed E-state index contributed by atoms with van der Waals surface area (Å²) in [6.45, 7) is 6.72. The number of benzene rings is 2. The number of rotatable bonds is 8. The number of hydrogen-bond acceptors (Lipinski definition) is 6. The molecule has 8 heteroatoms. The van der Waals surface area contributed by atoms with Crippen molar-refractivity contribution in [2.75, 3.05) is 19.8 Å². The lowest BCUT2D eigenvalue weighted by molar-refractivity contribution is -0.140. The molecule has 2 aromatic carbocycles. The van der Waals surface area contributed by atoms with Crippen LogP contribution in [0.2, 0.25) is 0 Å². The van der Waals surface area contributed by atoms with Gasteiger partial charge in [-0.1, -0.05) is 18.2 Å². The van der Waals surface area contributed by atoms with E-state index < -0.39 is 11.8 Å². The smallest absolute Gasteiger partial charge is 0.271 e. The lowest BCUT2D eigenvalue weighted by atomic mass is 9.93. The third-order valence-electron chi connectivity index (χ3n) is 6.93. The average Bonchev–Trinajstić information content (AvgIpc) is 3.53. The van der Waals surface area contributed by atoms with Gasteiger partial charge in [0.1, 0.15) is 23.5 Å². The third-order valence-corrected chi connectivity index (χ3v) is 6.93. The lowest BCUT2D eigenvalue weighted by Crippen LogP contribution is -2.43. The van der Waals surface area contributed by atoms with E-state index in [4.69, 9.17) is 14.6 Å². The molecule has 0 radical (unpaired) electrons. The summed E-state index contributed by atoms with van der Waals surface area (Å²) < 4.78 is 13.0. The summed E-state index contributed by atoms with van der Waals surface area (Å²) in [5, 5.41) is 14.7. The second-order valence-electron chi connectivity index (χ2n) is 9.65. The number of hydrogen-bond donors (Lipinski definition) is 0. The fourth-order valence-corrected chi connectivity index (χ4v) is 4.96. The van der Waals surface area contributed by atoms with E-state index in [1.165, 1.54) is 0 Å². The summed E-state index contributed by atoms with van der Waals surface area (Å²) >= 11 is 0. The van der Waals surface area contributed by atoms with E-state index in [1.807, 2.05) is 68.6 Å². The molecule has 0 fully saturated rings. The maximum atomic E-state index is 13.6. The van der Waals surface area contributed by atoms with Crippen molar-refractivity contribution >= 4 is 17.9 Å². The maximum absolute atomic E-state index is 13.6. The first kappa shape index (κ1) is 26.1. The van der Waals surface area contributed by atoms with Crippen molar-refractivity contribution in [3.63, 3.8) is 0 Å². The van der Waals surface area contributed by atoms with Gasteiger partial charge in [0.05, 0.1) is 11.4 Å². The molecule has 39 heavy (non-hydrogen) atoms. The van der Waals surface area contributed by atoms with Crippen molar-refractivity contribution in [3.8, 4) is 28.8 Å². The quantitative estimate of drug-likeness (QED) is 0.238. The number of para-hydroxylation sites is 1. The Labute approximate surface area is 227 Å². The highest BCUT2D eigenvalue weighted by molar-refractivity contribution is 6.19. The van der Waals surface area contributed by atoms with Gasteiger partial charge in [-0.3, -0.25) is 14.5 Å². The van der Waals surface area contributed by atoms with E-state index in [-0.39, 0.29) is 18.2 Å². The minimum absolute atomic E-state index is 0.0297. The Bertz CT molecular complexity index is 1530. The zero-order chi connectivity index (χ0) is 27.5. The highest BCUT2D eigenvalue weighted by Gasteiger charge is 2.35. The van der Waals surface area contributed by atoms with Gasteiger partial charge in [0.15, 0.2) is 0 Å². The van der Waals surface area contributed by atoms with Crippen LogP contribution in [-0.2, 0) is 20.7 Å². The number of amides is 2. The Morgan fingerprint density at radius 3 is 2.72 bits per heavy atom. The van der Waals surface area contributed by atoms with Gasteiger partial charge in [-0.25, -0.2) is 4.68 Å². The molecule has 3 heterocycles. The van der Waals surface area contributed by atoms with Gasteiger partial charge in [0, 0.05) is 49.1 Å². The monoisotopic (exact) mass is 522 g/mol. The lowest BCUT2D eigenvalue weighted by Gasteiger charge is -2.27. The van der Waals surface area contributed by atoms with Crippen LogP contribution in [0.4, 0.5) is 0 Å². The molecule has 1 unspecified atom stereocenters. The summed E-state index contributed by atoms with van der Waals surface area (Å²) in [7, 11) is 0. The van der Waals surface area contributed by atoms with Crippen LogP contribution in [0, 0.1) is 11.3 Å². The minimum atomic E-state index is -0.568. The van der Waals surface area contributed by atoms with Crippen LogP contribution >= 0.6 is 0 Å². The Balaban J connectivity index is 1.61. The van der Waals surface area contributed by atoms with E-state index >= 15 is 0 Å². The van der Waals surface area contributed by atoms with E-state index in [0.29, 0.717) is 42.0 Å². The third kappa shape index (κ3) is 5.14. The van der Waals surface area contributed by atoms with Gasteiger partial charge in [-0.05, 0) is 74.7 Å². The van der Waals surface area contributed by atoms with Crippen LogP contribution in [0.25, 0.3) is 23.0 Å². The molecular weight excluding hydrogens is 492 g/mol. The second kappa shape index (κ2) is 11.1. The summed E-state index contributed by atoms with van der Waals surface area (Å²) in [6.07, 6.45) is 5.02. The van der Waals surface area contributed by atoms with Crippen molar-refractivity contribution in [3.05, 3.63) is 82.6 Å². The first-order chi connectivity index (χ1) is 18.9. The first-order valence-corrected chi connectivity index (χ1v) is 13.1. The van der Waals surface area contributed by atoms with E-state index in [9.17, 15) is 14.9 Å².